The standard InChI is InChI=1S/C22H20O6/c1-25-15-9-5-13(6-10-15)17-19(23)20(24)18(22(28-4)21(17)27-3)14-7-11-16(26-2)12-8-14/h5-12H,1-4H3. The number of hydrogen-bond donors (Lipinski definition) is 0. The molecule has 1 aliphatic carbocycles. The Morgan fingerprint density at radius 2 is 0.821 bits per heavy atom. The van der Waals surface area contributed by atoms with Crippen LogP contribution in [0.4, 0.5) is 0 Å². The van der Waals surface area contributed by atoms with Gasteiger partial charge in [0.25, 0.3) is 0 Å². The molecule has 0 heterocycles. The fraction of sp³-hybridized carbons (Fsp3) is 0.182. The lowest BCUT2D eigenvalue weighted by Crippen LogP contribution is -2.26. The fourth-order valence-electron chi connectivity index (χ4n) is 3.09. The highest BCUT2D eigenvalue weighted by atomic mass is 16.5. The van der Waals surface area contributed by atoms with E-state index in [4.69, 9.17) is 18.9 Å². The van der Waals surface area contributed by atoms with Gasteiger partial charge in [0.2, 0.25) is 11.6 Å². The summed E-state index contributed by atoms with van der Waals surface area (Å²) in [7, 11) is 5.98. The zero-order chi connectivity index (χ0) is 20.3. The molecule has 3 rings (SSSR count). The molecule has 0 aliphatic heterocycles. The molecule has 0 saturated heterocycles. The number of carbonyl (C=O) groups is 2. The lowest BCUT2D eigenvalue weighted by Gasteiger charge is -2.23. The second-order valence-electron chi connectivity index (χ2n) is 5.93. The number of ketones is 2. The van der Waals surface area contributed by atoms with Crippen LogP contribution in [0.15, 0.2) is 60.0 Å². The molecule has 2 aromatic rings. The molecule has 6 nitrogen and oxygen atoms in total. The van der Waals surface area contributed by atoms with Crippen molar-refractivity contribution in [1.29, 1.82) is 0 Å². The molecule has 2 aromatic carbocycles. The zero-order valence-electron chi connectivity index (χ0n) is 16.1. The quantitative estimate of drug-likeness (QED) is 0.566. The summed E-state index contributed by atoms with van der Waals surface area (Å²) >= 11 is 0. The van der Waals surface area contributed by atoms with Crippen molar-refractivity contribution in [2.24, 2.45) is 0 Å². The van der Waals surface area contributed by atoms with Crippen LogP contribution in [0.2, 0.25) is 0 Å². The minimum absolute atomic E-state index is 0.157. The third kappa shape index (κ3) is 3.24. The van der Waals surface area contributed by atoms with Crippen molar-refractivity contribution in [3.8, 4) is 11.5 Å². The Kier molecular flexibility index (Phi) is 5.49. The molecule has 1 aliphatic rings. The van der Waals surface area contributed by atoms with Gasteiger partial charge in [0.05, 0.1) is 39.6 Å². The first-order valence-electron chi connectivity index (χ1n) is 8.50. The molecule has 0 spiro atoms. The Balaban J connectivity index is 2.21. The number of rotatable bonds is 6. The van der Waals surface area contributed by atoms with E-state index in [9.17, 15) is 9.59 Å². The van der Waals surface area contributed by atoms with Crippen molar-refractivity contribution < 1.29 is 28.5 Å². The third-order valence-electron chi connectivity index (χ3n) is 4.49. The molecule has 6 heteroatoms. The van der Waals surface area contributed by atoms with Crippen LogP contribution in [-0.4, -0.2) is 40.0 Å². The number of benzene rings is 2. The second kappa shape index (κ2) is 8.00. The van der Waals surface area contributed by atoms with Crippen molar-refractivity contribution in [3.05, 3.63) is 71.2 Å². The summed E-state index contributed by atoms with van der Waals surface area (Å²) < 4.78 is 21.3. The molecular weight excluding hydrogens is 360 g/mol. The van der Waals surface area contributed by atoms with Gasteiger partial charge in [0.1, 0.15) is 11.5 Å². The van der Waals surface area contributed by atoms with Crippen molar-refractivity contribution in [3.63, 3.8) is 0 Å². The minimum Gasteiger partial charge on any atom is -0.497 e. The smallest absolute Gasteiger partial charge is 0.238 e. The fourth-order valence-corrected chi connectivity index (χ4v) is 3.09. The Morgan fingerprint density at radius 3 is 1.07 bits per heavy atom. The Bertz CT molecular complexity index is 884. The molecule has 0 bridgehead atoms. The average Bonchev–Trinajstić information content (AvgIpc) is 2.75. The van der Waals surface area contributed by atoms with Crippen LogP contribution in [0.1, 0.15) is 11.1 Å². The van der Waals surface area contributed by atoms with Crippen molar-refractivity contribution >= 4 is 22.7 Å². The van der Waals surface area contributed by atoms with Crippen LogP contribution in [0.5, 0.6) is 11.5 Å². The van der Waals surface area contributed by atoms with E-state index in [1.165, 1.54) is 14.2 Å². The minimum atomic E-state index is -0.659. The van der Waals surface area contributed by atoms with Crippen LogP contribution < -0.4 is 9.47 Å². The summed E-state index contributed by atoms with van der Waals surface area (Å²) in [4.78, 5) is 26.0. The molecule has 0 N–H and O–H groups in total. The molecule has 144 valence electrons. The maximum atomic E-state index is 13.0. The van der Waals surface area contributed by atoms with Gasteiger partial charge in [-0.25, -0.2) is 0 Å². The van der Waals surface area contributed by atoms with Gasteiger partial charge in [0.15, 0.2) is 11.5 Å². The first-order valence-corrected chi connectivity index (χ1v) is 8.50. The number of allylic oxidation sites excluding steroid dienone is 2. The lowest BCUT2D eigenvalue weighted by molar-refractivity contribution is -0.130. The Labute approximate surface area is 163 Å². The van der Waals surface area contributed by atoms with Gasteiger partial charge in [-0.3, -0.25) is 9.59 Å². The van der Waals surface area contributed by atoms with E-state index in [0.717, 1.165) is 0 Å². The first kappa shape index (κ1) is 19.2. The van der Waals surface area contributed by atoms with Gasteiger partial charge in [-0.05, 0) is 35.4 Å². The highest BCUT2D eigenvalue weighted by Crippen LogP contribution is 2.38. The van der Waals surface area contributed by atoms with Crippen LogP contribution in [0.3, 0.4) is 0 Å². The number of methoxy groups -OCH3 is 4. The van der Waals surface area contributed by atoms with E-state index in [1.54, 1.807) is 62.8 Å². The summed E-state index contributed by atoms with van der Waals surface area (Å²) in [5.74, 6) is 0.382. The molecular formula is C22H20O6. The van der Waals surface area contributed by atoms with E-state index in [2.05, 4.69) is 0 Å². The second-order valence-corrected chi connectivity index (χ2v) is 5.93. The van der Waals surface area contributed by atoms with E-state index >= 15 is 0 Å². The Morgan fingerprint density at radius 1 is 0.500 bits per heavy atom. The van der Waals surface area contributed by atoms with Crippen LogP contribution in [-0.2, 0) is 19.1 Å². The topological polar surface area (TPSA) is 71.1 Å². The van der Waals surface area contributed by atoms with Gasteiger partial charge < -0.3 is 18.9 Å². The summed E-state index contributed by atoms with van der Waals surface area (Å²) in [5.41, 5.74) is 1.40. The first-order chi connectivity index (χ1) is 13.5. The van der Waals surface area contributed by atoms with Crippen LogP contribution in [0.25, 0.3) is 11.1 Å². The maximum absolute atomic E-state index is 13.0. The molecule has 0 saturated carbocycles. The number of carbonyl (C=O) groups excluding carboxylic acids is 2. The molecule has 0 fully saturated rings. The van der Waals surface area contributed by atoms with Gasteiger partial charge in [-0.15, -0.1) is 0 Å². The number of Topliss-reactive ketones (excluding diaryl/α,β-unsaturated/α-hetero) is 2. The Hall–Kier alpha value is -3.54. The van der Waals surface area contributed by atoms with Gasteiger partial charge in [0, 0.05) is 0 Å². The third-order valence-corrected chi connectivity index (χ3v) is 4.49. The predicted molar refractivity (Wildman–Crippen MR) is 104 cm³/mol. The molecule has 0 radical (unpaired) electrons. The van der Waals surface area contributed by atoms with E-state index in [1.807, 2.05) is 0 Å². The van der Waals surface area contributed by atoms with Gasteiger partial charge in [-0.1, -0.05) is 24.3 Å². The van der Waals surface area contributed by atoms with E-state index in [-0.39, 0.29) is 22.7 Å². The summed E-state index contributed by atoms with van der Waals surface area (Å²) in [5, 5.41) is 0. The largest absolute Gasteiger partial charge is 0.497 e. The molecule has 28 heavy (non-hydrogen) atoms. The molecule has 0 amide bonds. The van der Waals surface area contributed by atoms with Crippen LogP contribution in [0, 0.1) is 0 Å². The molecule has 0 unspecified atom stereocenters. The summed E-state index contributed by atoms with van der Waals surface area (Å²) in [6.07, 6.45) is 0. The highest BCUT2D eigenvalue weighted by molar-refractivity contribution is 6.66. The normalized spacial score (nSPS) is 14.3. The van der Waals surface area contributed by atoms with Crippen LogP contribution >= 0.6 is 0 Å². The van der Waals surface area contributed by atoms with Gasteiger partial charge >= 0.3 is 0 Å². The van der Waals surface area contributed by atoms with E-state index in [0.29, 0.717) is 22.6 Å². The highest BCUT2D eigenvalue weighted by Gasteiger charge is 2.38. The number of ether oxygens (including phenoxy) is 4. The van der Waals surface area contributed by atoms with Gasteiger partial charge in [-0.2, -0.15) is 0 Å². The predicted octanol–water partition coefficient (Wildman–Crippen LogP) is 3.27. The maximum Gasteiger partial charge on any atom is 0.238 e. The SMILES string of the molecule is COC1=C(c2ccc(OC)cc2)C(=O)C(=O)C(c2ccc(OC)cc2)=C1OC. The lowest BCUT2D eigenvalue weighted by atomic mass is 9.85. The molecule has 0 aromatic heterocycles. The van der Waals surface area contributed by atoms with E-state index < -0.39 is 11.6 Å². The van der Waals surface area contributed by atoms with Crippen molar-refractivity contribution in [2.75, 3.05) is 28.4 Å². The summed E-state index contributed by atoms with van der Waals surface area (Å²) in [6.45, 7) is 0. The zero-order valence-corrected chi connectivity index (χ0v) is 16.1. The summed E-state index contributed by atoms with van der Waals surface area (Å²) in [6, 6.07) is 13.6. The average molecular weight is 380 g/mol. The van der Waals surface area contributed by atoms with Crippen molar-refractivity contribution in [1.82, 2.24) is 0 Å². The molecule has 0 atom stereocenters. The van der Waals surface area contributed by atoms with Crippen molar-refractivity contribution in [2.45, 2.75) is 0 Å². The number of hydrogen-bond acceptors (Lipinski definition) is 6. The monoisotopic (exact) mass is 380 g/mol.